The number of para-hydroxylation sites is 3. The third-order valence-corrected chi connectivity index (χ3v) is 10.2. The molecule has 10 rings (SSSR count). The smallest absolute Gasteiger partial charge is 0.166 e. The molecule has 4 nitrogen and oxygen atoms in total. The number of hydrogen-bond acceptors (Lipinski definition) is 4. The lowest BCUT2D eigenvalue weighted by Gasteiger charge is -2.14. The minimum Gasteiger partial charge on any atom is -0.309 e. The summed E-state index contributed by atoms with van der Waals surface area (Å²) in [4.78, 5) is 15.1. The Bertz CT molecular complexity index is 3290. The van der Waals surface area contributed by atoms with Crippen molar-refractivity contribution in [1.29, 1.82) is 0 Å². The lowest BCUT2D eigenvalue weighted by atomic mass is 10.0. The standard InChI is InChI=1S/C45H28N4S/c1-2-14-29(15-3-1)43-46-44(31-17-12-16-30(28-31)32-22-13-23-36-35-20-7-11-27-41(35)50-42(32)36)48-45(47-43)37-21-6-10-26-40(37)49-38-24-8-4-18-33(38)34-19-5-9-25-39(34)49/h1-28H/i4D,5D,8D,18D,19D,24D,25D. The van der Waals surface area contributed by atoms with Crippen molar-refractivity contribution in [3.05, 3.63) is 170 Å². The van der Waals surface area contributed by atoms with Gasteiger partial charge < -0.3 is 4.57 Å². The van der Waals surface area contributed by atoms with Gasteiger partial charge in [0.25, 0.3) is 0 Å². The Morgan fingerprint density at radius 2 is 1.10 bits per heavy atom. The molecule has 0 aliphatic heterocycles. The van der Waals surface area contributed by atoms with Crippen LogP contribution in [-0.4, -0.2) is 19.5 Å². The molecule has 0 amide bonds. The van der Waals surface area contributed by atoms with E-state index in [2.05, 4.69) is 54.6 Å². The fourth-order valence-corrected chi connectivity index (χ4v) is 7.95. The fraction of sp³-hybridized carbons (Fsp3) is 0. The van der Waals surface area contributed by atoms with Crippen molar-refractivity contribution in [2.24, 2.45) is 0 Å². The van der Waals surface area contributed by atoms with Gasteiger partial charge >= 0.3 is 0 Å². The van der Waals surface area contributed by atoms with Gasteiger partial charge in [-0.1, -0.05) is 133 Å². The van der Waals surface area contributed by atoms with Crippen molar-refractivity contribution in [2.45, 2.75) is 0 Å². The SMILES string of the molecule is [2H]c1cc([2H])c2c(c1[2H])c1c([2H])c([2H])c([2H])c([2H])c1n2-c1ccccc1-c1nc(-c2ccccc2)nc(-c2cccc(-c3cccc4c3sc3ccccc34)c2)n1. The highest BCUT2D eigenvalue weighted by Gasteiger charge is 2.19. The largest absolute Gasteiger partial charge is 0.309 e. The highest BCUT2D eigenvalue weighted by atomic mass is 32.1. The summed E-state index contributed by atoms with van der Waals surface area (Å²) in [6.45, 7) is 0. The summed E-state index contributed by atoms with van der Waals surface area (Å²) in [6.07, 6.45) is 0. The second-order valence-electron chi connectivity index (χ2n) is 11.9. The molecule has 0 atom stereocenters. The summed E-state index contributed by atoms with van der Waals surface area (Å²) in [5.41, 5.74) is 4.88. The molecule has 0 aliphatic carbocycles. The maximum Gasteiger partial charge on any atom is 0.166 e. The summed E-state index contributed by atoms with van der Waals surface area (Å²) in [5, 5.41) is 2.60. The summed E-state index contributed by atoms with van der Waals surface area (Å²) in [7, 11) is 0. The van der Waals surface area contributed by atoms with E-state index in [4.69, 9.17) is 24.5 Å². The van der Waals surface area contributed by atoms with Crippen LogP contribution in [0.5, 0.6) is 0 Å². The molecule has 0 saturated heterocycles. The van der Waals surface area contributed by atoms with E-state index in [9.17, 15) is 0 Å². The molecule has 5 heteroatoms. The van der Waals surface area contributed by atoms with E-state index < -0.39 is 12.1 Å². The number of fused-ring (bicyclic) bond motifs is 6. The topological polar surface area (TPSA) is 43.6 Å². The zero-order valence-corrected chi connectivity index (χ0v) is 27.1. The number of rotatable bonds is 5. The summed E-state index contributed by atoms with van der Waals surface area (Å²) >= 11 is 1.77. The molecule has 0 fully saturated rings. The van der Waals surface area contributed by atoms with Crippen LogP contribution < -0.4 is 0 Å². The monoisotopic (exact) mass is 663 g/mol. The minimum atomic E-state index is -0.457. The zero-order valence-electron chi connectivity index (χ0n) is 33.3. The molecule has 0 saturated carbocycles. The van der Waals surface area contributed by atoms with Gasteiger partial charge in [-0.05, 0) is 47.5 Å². The van der Waals surface area contributed by atoms with E-state index in [0.29, 0.717) is 28.7 Å². The van der Waals surface area contributed by atoms with Crippen LogP contribution in [0.2, 0.25) is 0 Å². The average Bonchev–Trinajstić information content (AvgIpc) is 3.82. The average molecular weight is 664 g/mol. The van der Waals surface area contributed by atoms with E-state index in [1.807, 2.05) is 54.6 Å². The van der Waals surface area contributed by atoms with E-state index in [0.717, 1.165) is 22.3 Å². The minimum absolute atomic E-state index is 0.0742. The zero-order chi connectivity index (χ0) is 39.1. The lowest BCUT2D eigenvalue weighted by molar-refractivity contribution is 1.06. The second kappa shape index (κ2) is 11.6. The van der Waals surface area contributed by atoms with Gasteiger partial charge in [0, 0.05) is 47.6 Å². The first kappa shape index (κ1) is 22.3. The quantitative estimate of drug-likeness (QED) is 0.184. The van der Waals surface area contributed by atoms with Crippen LogP contribution in [0.4, 0.5) is 0 Å². The van der Waals surface area contributed by atoms with Crippen LogP contribution in [0.1, 0.15) is 9.60 Å². The van der Waals surface area contributed by atoms with Gasteiger partial charge in [0.1, 0.15) is 0 Å². The normalized spacial score (nSPS) is 13.6. The third kappa shape index (κ3) is 4.63. The van der Waals surface area contributed by atoms with Gasteiger partial charge in [-0.3, -0.25) is 0 Å². The molecule has 7 aromatic carbocycles. The van der Waals surface area contributed by atoms with Crippen molar-refractivity contribution in [3.8, 4) is 51.0 Å². The Morgan fingerprint density at radius 3 is 2.02 bits per heavy atom. The van der Waals surface area contributed by atoms with Crippen LogP contribution in [0.25, 0.3) is 93.0 Å². The van der Waals surface area contributed by atoms with Gasteiger partial charge in [-0.2, -0.15) is 0 Å². The van der Waals surface area contributed by atoms with E-state index in [1.165, 1.54) is 26.2 Å². The summed E-state index contributed by atoms with van der Waals surface area (Å²) in [6, 6.07) is 38.9. The highest BCUT2D eigenvalue weighted by Crippen LogP contribution is 2.41. The summed E-state index contributed by atoms with van der Waals surface area (Å²) < 4.78 is 65.4. The highest BCUT2D eigenvalue weighted by molar-refractivity contribution is 7.26. The van der Waals surface area contributed by atoms with Crippen molar-refractivity contribution in [3.63, 3.8) is 0 Å². The number of nitrogens with zero attached hydrogens (tertiary/aromatic N) is 4. The third-order valence-electron chi connectivity index (χ3n) is 8.97. The molecular formula is C45H28N4S. The number of benzene rings is 7. The van der Waals surface area contributed by atoms with Crippen LogP contribution in [0, 0.1) is 0 Å². The molecule has 0 N–H and O–H groups in total. The van der Waals surface area contributed by atoms with Gasteiger partial charge in [-0.25, -0.2) is 15.0 Å². The molecular weight excluding hydrogens is 629 g/mol. The molecule has 3 aromatic heterocycles. The molecule has 10 aromatic rings. The first-order valence-corrected chi connectivity index (χ1v) is 16.9. The molecule has 234 valence electrons. The van der Waals surface area contributed by atoms with E-state index in [-0.39, 0.29) is 52.0 Å². The Labute approximate surface area is 302 Å². The van der Waals surface area contributed by atoms with Crippen LogP contribution in [0.3, 0.4) is 0 Å². The fourth-order valence-electron chi connectivity index (χ4n) is 6.71. The molecule has 0 unspecified atom stereocenters. The Morgan fingerprint density at radius 1 is 0.460 bits per heavy atom. The van der Waals surface area contributed by atoms with Gasteiger partial charge in [0.2, 0.25) is 0 Å². The number of thiophene rings is 1. The Kier molecular flexibility index (Phi) is 5.17. The predicted octanol–water partition coefficient (Wildman–Crippen LogP) is 12.0. The molecule has 50 heavy (non-hydrogen) atoms. The van der Waals surface area contributed by atoms with Gasteiger partial charge in [-0.15, -0.1) is 11.3 Å². The number of aromatic nitrogens is 4. The van der Waals surface area contributed by atoms with Crippen LogP contribution >= 0.6 is 11.3 Å². The molecule has 3 heterocycles. The summed E-state index contributed by atoms with van der Waals surface area (Å²) in [5.74, 6) is 1.16. The first-order valence-electron chi connectivity index (χ1n) is 19.6. The van der Waals surface area contributed by atoms with Crippen molar-refractivity contribution >= 4 is 53.3 Å². The van der Waals surface area contributed by atoms with Crippen molar-refractivity contribution in [2.75, 3.05) is 0 Å². The predicted molar refractivity (Wildman–Crippen MR) is 209 cm³/mol. The number of hydrogen-bond donors (Lipinski definition) is 0. The maximum absolute atomic E-state index is 9.06. The first-order chi connectivity index (χ1) is 27.7. The van der Waals surface area contributed by atoms with Crippen molar-refractivity contribution < 1.29 is 9.60 Å². The molecule has 0 spiro atoms. The van der Waals surface area contributed by atoms with E-state index in [1.54, 1.807) is 28.0 Å². The van der Waals surface area contributed by atoms with E-state index >= 15 is 0 Å². The van der Waals surface area contributed by atoms with Gasteiger partial charge in [0.15, 0.2) is 17.5 Å². The molecule has 0 aliphatic rings. The van der Waals surface area contributed by atoms with Gasteiger partial charge in [0.05, 0.1) is 26.3 Å². The maximum atomic E-state index is 9.06. The van der Waals surface area contributed by atoms with Crippen molar-refractivity contribution in [1.82, 2.24) is 19.5 Å². The Balaban J connectivity index is 1.23. The molecule has 0 radical (unpaired) electrons. The van der Waals surface area contributed by atoms with Crippen LogP contribution in [-0.2, 0) is 0 Å². The van der Waals surface area contributed by atoms with Crippen LogP contribution in [0.15, 0.2) is 170 Å². The lowest BCUT2D eigenvalue weighted by Crippen LogP contribution is -2.03. The molecule has 0 bridgehead atoms. The second-order valence-corrected chi connectivity index (χ2v) is 12.9. The Hall–Kier alpha value is -6.43.